The second kappa shape index (κ2) is 5.14. The minimum Gasteiger partial charge on any atom is -0.493 e. The normalized spacial score (nSPS) is 11.7. The maximum atomic E-state index is 11.9. The molecular formula is C12H14N2O5S. The number of hydrogen-bond donors (Lipinski definition) is 2. The number of hydrogen-bond acceptors (Lipinski definition) is 5. The molecule has 0 saturated carbocycles. The van der Waals surface area contributed by atoms with Crippen LogP contribution in [-0.4, -0.2) is 23.1 Å². The molecule has 1 aromatic carbocycles. The molecular weight excluding hydrogens is 284 g/mol. The predicted octanol–water partition coefficient (Wildman–Crippen LogP) is 0.633. The zero-order valence-corrected chi connectivity index (χ0v) is 11.8. The molecule has 0 spiro atoms. The molecule has 0 unspecified atom stereocenters. The molecule has 0 aliphatic carbocycles. The molecule has 0 amide bonds. The van der Waals surface area contributed by atoms with Crippen molar-refractivity contribution in [3.8, 4) is 5.88 Å². The average Bonchev–Trinajstić information content (AvgIpc) is 2.64. The topological polar surface area (TPSA) is 101 Å². The molecule has 0 bridgehead atoms. The fourth-order valence-corrected chi connectivity index (χ4v) is 2.46. The van der Waals surface area contributed by atoms with Gasteiger partial charge < -0.3 is 10.1 Å². The summed E-state index contributed by atoms with van der Waals surface area (Å²) < 4.78 is 29.6. The van der Waals surface area contributed by atoms with Crippen molar-refractivity contribution in [3.05, 3.63) is 46.0 Å². The minimum absolute atomic E-state index is 0.00758. The molecule has 20 heavy (non-hydrogen) atoms. The van der Waals surface area contributed by atoms with Gasteiger partial charge in [0.2, 0.25) is 5.88 Å². The molecule has 2 N–H and O–H groups in total. The molecule has 0 aliphatic rings. The van der Waals surface area contributed by atoms with Crippen molar-refractivity contribution in [1.82, 2.24) is 9.55 Å². The van der Waals surface area contributed by atoms with E-state index in [9.17, 15) is 18.3 Å². The first-order chi connectivity index (χ1) is 9.31. The molecule has 7 nitrogen and oxygen atoms in total. The number of aromatic nitrogens is 2. The van der Waals surface area contributed by atoms with Crippen LogP contribution in [0.1, 0.15) is 11.3 Å². The molecule has 2 rings (SSSR count). The molecule has 2 aromatic rings. The van der Waals surface area contributed by atoms with Gasteiger partial charge in [-0.15, -0.1) is 0 Å². The van der Waals surface area contributed by atoms with Crippen molar-refractivity contribution >= 4 is 10.1 Å². The summed E-state index contributed by atoms with van der Waals surface area (Å²) in [4.78, 5) is 13.6. The van der Waals surface area contributed by atoms with Crippen molar-refractivity contribution in [3.63, 3.8) is 0 Å². The first-order valence-electron chi connectivity index (χ1n) is 5.74. The van der Waals surface area contributed by atoms with Crippen molar-refractivity contribution in [2.45, 2.75) is 18.4 Å². The molecule has 0 fully saturated rings. The van der Waals surface area contributed by atoms with Gasteiger partial charge in [0.25, 0.3) is 10.1 Å². The van der Waals surface area contributed by atoms with Gasteiger partial charge in [0.05, 0.1) is 4.90 Å². The second-order valence-electron chi connectivity index (χ2n) is 4.32. The van der Waals surface area contributed by atoms with Crippen LogP contribution in [0.4, 0.5) is 0 Å². The summed E-state index contributed by atoms with van der Waals surface area (Å²) in [6.07, 6.45) is 0. The predicted molar refractivity (Wildman–Crippen MR) is 70.9 cm³/mol. The number of aryl methyl sites for hydroxylation is 1. The summed E-state index contributed by atoms with van der Waals surface area (Å²) in [5.74, 6) is -0.353. The van der Waals surface area contributed by atoms with Crippen molar-refractivity contribution < 1.29 is 17.7 Å². The molecule has 0 aliphatic heterocycles. The summed E-state index contributed by atoms with van der Waals surface area (Å²) >= 11 is 0. The van der Waals surface area contributed by atoms with E-state index < -0.39 is 22.4 Å². The van der Waals surface area contributed by atoms with Crippen LogP contribution in [0.5, 0.6) is 5.88 Å². The Kier molecular flexibility index (Phi) is 3.69. The monoisotopic (exact) mass is 298 g/mol. The lowest BCUT2D eigenvalue weighted by molar-refractivity contribution is 0.295. The van der Waals surface area contributed by atoms with Gasteiger partial charge in [-0.05, 0) is 19.1 Å². The fraction of sp³-hybridized carbons (Fsp3) is 0.250. The quantitative estimate of drug-likeness (QED) is 0.806. The third-order valence-electron chi connectivity index (χ3n) is 2.82. The van der Waals surface area contributed by atoms with E-state index in [1.807, 2.05) is 6.92 Å². The zero-order valence-electron chi connectivity index (χ0n) is 11.0. The van der Waals surface area contributed by atoms with Crippen molar-refractivity contribution in [2.24, 2.45) is 7.05 Å². The van der Waals surface area contributed by atoms with E-state index in [-0.39, 0.29) is 16.5 Å². The molecule has 108 valence electrons. The lowest BCUT2D eigenvalue weighted by Crippen LogP contribution is -2.12. The highest BCUT2D eigenvalue weighted by molar-refractivity contribution is 7.86. The Morgan fingerprint density at radius 3 is 2.40 bits per heavy atom. The van der Waals surface area contributed by atoms with Gasteiger partial charge >= 0.3 is 5.69 Å². The van der Waals surface area contributed by atoms with Crippen LogP contribution in [0, 0.1) is 6.92 Å². The number of aromatic hydroxyl groups is 1. The zero-order chi connectivity index (χ0) is 14.9. The van der Waals surface area contributed by atoms with E-state index in [2.05, 4.69) is 4.98 Å². The summed E-state index contributed by atoms with van der Waals surface area (Å²) in [5.41, 5.74) is 0.385. The number of imidazole rings is 1. The van der Waals surface area contributed by atoms with Gasteiger partial charge in [0.15, 0.2) is 0 Å². The number of nitrogens with zero attached hydrogens (tertiary/aromatic N) is 1. The highest BCUT2D eigenvalue weighted by Crippen LogP contribution is 2.17. The third-order valence-corrected chi connectivity index (χ3v) is 4.10. The maximum Gasteiger partial charge on any atom is 0.328 e. The Morgan fingerprint density at radius 1 is 1.30 bits per heavy atom. The third kappa shape index (κ3) is 2.75. The lowest BCUT2D eigenvalue weighted by Gasteiger charge is -2.05. The van der Waals surface area contributed by atoms with Crippen LogP contribution in [0.15, 0.2) is 34.0 Å². The number of benzene rings is 1. The number of rotatable bonds is 4. The Balaban J connectivity index is 2.19. The highest BCUT2D eigenvalue weighted by atomic mass is 32.2. The molecule has 0 atom stereocenters. The Hall–Kier alpha value is -2.06. The number of aromatic amines is 1. The molecule has 0 saturated heterocycles. The maximum absolute atomic E-state index is 11.9. The second-order valence-corrected chi connectivity index (χ2v) is 5.94. The van der Waals surface area contributed by atoms with Crippen LogP contribution in [0.25, 0.3) is 0 Å². The molecule has 0 radical (unpaired) electrons. The standard InChI is InChI=1S/C12H14N2O5S/c1-8-3-5-9(6-4-8)20(17,18)19-7-10-11(15)14(2)12(16)13-10/h3-6,15H,7H2,1-2H3,(H,13,16). The summed E-state index contributed by atoms with van der Waals surface area (Å²) in [7, 11) is -2.58. The molecule has 1 aromatic heterocycles. The first-order valence-corrected chi connectivity index (χ1v) is 7.15. The Morgan fingerprint density at radius 2 is 1.90 bits per heavy atom. The van der Waals surface area contributed by atoms with E-state index in [0.29, 0.717) is 0 Å². The van der Waals surface area contributed by atoms with Gasteiger partial charge in [0.1, 0.15) is 12.3 Å². The SMILES string of the molecule is Cc1ccc(S(=O)(=O)OCc2[nH]c(=O)n(C)c2O)cc1. The smallest absolute Gasteiger partial charge is 0.328 e. The van der Waals surface area contributed by atoms with Gasteiger partial charge in [-0.2, -0.15) is 8.42 Å². The molecule has 1 heterocycles. The van der Waals surface area contributed by atoms with Crippen LogP contribution in [0.3, 0.4) is 0 Å². The van der Waals surface area contributed by atoms with Crippen LogP contribution < -0.4 is 5.69 Å². The lowest BCUT2D eigenvalue weighted by atomic mass is 10.2. The van der Waals surface area contributed by atoms with Crippen molar-refractivity contribution in [1.29, 1.82) is 0 Å². The van der Waals surface area contributed by atoms with Crippen LogP contribution >= 0.6 is 0 Å². The fourth-order valence-electron chi connectivity index (χ4n) is 1.58. The van der Waals surface area contributed by atoms with E-state index in [0.717, 1.165) is 10.1 Å². The van der Waals surface area contributed by atoms with E-state index in [1.54, 1.807) is 12.1 Å². The van der Waals surface area contributed by atoms with E-state index >= 15 is 0 Å². The van der Waals surface area contributed by atoms with Crippen LogP contribution in [0.2, 0.25) is 0 Å². The first kappa shape index (κ1) is 14.4. The van der Waals surface area contributed by atoms with Gasteiger partial charge in [0, 0.05) is 7.05 Å². The van der Waals surface area contributed by atoms with Gasteiger partial charge in [-0.3, -0.25) is 8.75 Å². The summed E-state index contributed by atoms with van der Waals surface area (Å²) in [6.45, 7) is 1.39. The van der Waals surface area contributed by atoms with E-state index in [4.69, 9.17) is 4.18 Å². The average molecular weight is 298 g/mol. The minimum atomic E-state index is -3.94. The largest absolute Gasteiger partial charge is 0.493 e. The van der Waals surface area contributed by atoms with Gasteiger partial charge in [-0.1, -0.05) is 17.7 Å². The summed E-state index contributed by atoms with van der Waals surface area (Å²) in [5, 5.41) is 9.58. The number of H-pyrrole nitrogens is 1. The number of nitrogens with one attached hydrogen (secondary N) is 1. The van der Waals surface area contributed by atoms with Gasteiger partial charge in [-0.25, -0.2) is 4.79 Å². The van der Waals surface area contributed by atoms with Crippen molar-refractivity contribution in [2.75, 3.05) is 0 Å². The summed E-state index contributed by atoms with van der Waals surface area (Å²) in [6, 6.07) is 6.16. The van der Waals surface area contributed by atoms with E-state index in [1.165, 1.54) is 19.2 Å². The highest BCUT2D eigenvalue weighted by Gasteiger charge is 2.18. The van der Waals surface area contributed by atoms with Crippen LogP contribution in [-0.2, 0) is 28.0 Å². The molecule has 8 heteroatoms. The Bertz CT molecular complexity index is 771. The Labute approximate surface area is 115 Å².